The summed E-state index contributed by atoms with van der Waals surface area (Å²) in [6, 6.07) is 1.16. The number of nitrogens with one attached hydrogen (secondary N) is 1. The zero-order chi connectivity index (χ0) is 15.4. The van der Waals surface area contributed by atoms with Gasteiger partial charge in [-0.2, -0.15) is 0 Å². The number of hydrogen-bond acceptors (Lipinski definition) is 4. The Labute approximate surface area is 123 Å². The molecule has 1 saturated heterocycles. The lowest BCUT2D eigenvalue weighted by atomic mass is 9.97. The number of rotatable bonds is 2. The molecule has 0 unspecified atom stereocenters. The number of likely N-dealkylation sites (tertiary alicyclic amines) is 1. The maximum absolute atomic E-state index is 12.3. The minimum absolute atomic E-state index is 0.185. The summed E-state index contributed by atoms with van der Waals surface area (Å²) in [5, 5.41) is 13.6. The Morgan fingerprint density at radius 3 is 2.95 bits per heavy atom. The minimum atomic E-state index is -0.546. The van der Waals surface area contributed by atoms with Gasteiger partial charge in [0.25, 0.3) is 0 Å². The van der Waals surface area contributed by atoms with E-state index in [1.54, 1.807) is 4.90 Å². The molecular weight excluding hydrogens is 272 g/mol. The number of anilines is 1. The van der Waals surface area contributed by atoms with Crippen molar-refractivity contribution in [2.45, 2.75) is 26.7 Å². The first-order chi connectivity index (χ1) is 9.97. The fourth-order valence-electron chi connectivity index (χ4n) is 2.74. The van der Waals surface area contributed by atoms with Gasteiger partial charge in [-0.05, 0) is 30.7 Å². The van der Waals surface area contributed by atoms with Gasteiger partial charge in [0.2, 0.25) is 0 Å². The molecule has 21 heavy (non-hydrogen) atoms. The first-order valence-electron chi connectivity index (χ1n) is 7.11. The van der Waals surface area contributed by atoms with Gasteiger partial charge in [0, 0.05) is 19.3 Å². The van der Waals surface area contributed by atoms with Crippen LogP contribution in [0.25, 0.3) is 0 Å². The van der Waals surface area contributed by atoms with Gasteiger partial charge in [-0.25, -0.2) is 4.79 Å². The molecule has 114 valence electrons. The van der Waals surface area contributed by atoms with Gasteiger partial charge in [0.15, 0.2) is 0 Å². The third kappa shape index (κ3) is 3.90. The molecule has 7 heteroatoms. The van der Waals surface area contributed by atoms with E-state index < -0.39 is 4.92 Å². The number of carbonyl (C=O) groups is 1. The monoisotopic (exact) mass is 292 g/mol. The molecule has 1 aromatic heterocycles. The van der Waals surface area contributed by atoms with Gasteiger partial charge >= 0.3 is 11.7 Å². The van der Waals surface area contributed by atoms with Crippen molar-refractivity contribution in [3.63, 3.8) is 0 Å². The van der Waals surface area contributed by atoms with E-state index in [4.69, 9.17) is 0 Å². The molecule has 1 fully saturated rings. The summed E-state index contributed by atoms with van der Waals surface area (Å²) in [6.07, 6.45) is 4.62. The predicted molar refractivity (Wildman–Crippen MR) is 79.0 cm³/mol. The molecular formula is C14H20N4O3. The zero-order valence-corrected chi connectivity index (χ0v) is 12.3. The molecule has 0 bridgehead atoms. The van der Waals surface area contributed by atoms with Crippen LogP contribution in [0.4, 0.5) is 16.2 Å². The van der Waals surface area contributed by atoms with E-state index in [0.717, 1.165) is 19.0 Å². The van der Waals surface area contributed by atoms with Crippen LogP contribution in [-0.4, -0.2) is 33.9 Å². The molecule has 7 nitrogen and oxygen atoms in total. The number of pyridine rings is 1. The number of urea groups is 1. The zero-order valence-electron chi connectivity index (χ0n) is 12.3. The van der Waals surface area contributed by atoms with Gasteiger partial charge in [0.05, 0.1) is 4.92 Å². The van der Waals surface area contributed by atoms with Crippen LogP contribution in [0.15, 0.2) is 18.5 Å². The Morgan fingerprint density at radius 2 is 2.24 bits per heavy atom. The predicted octanol–water partition coefficient (Wildman–Crippen LogP) is 2.89. The van der Waals surface area contributed by atoms with E-state index >= 15 is 0 Å². The summed E-state index contributed by atoms with van der Waals surface area (Å²) in [7, 11) is 0. The molecule has 1 aromatic rings. The molecule has 1 aliphatic heterocycles. The quantitative estimate of drug-likeness (QED) is 0.670. The minimum Gasteiger partial charge on any atom is -0.324 e. The molecule has 0 saturated carbocycles. The topological polar surface area (TPSA) is 88.4 Å². The fraction of sp³-hybridized carbons (Fsp3) is 0.571. The number of amides is 2. The highest BCUT2D eigenvalue weighted by molar-refractivity contribution is 5.91. The summed E-state index contributed by atoms with van der Waals surface area (Å²) < 4.78 is 0. The van der Waals surface area contributed by atoms with Gasteiger partial charge in [0.1, 0.15) is 11.9 Å². The molecule has 1 aliphatic rings. The van der Waals surface area contributed by atoms with E-state index in [1.807, 2.05) is 0 Å². The Kier molecular flexibility index (Phi) is 4.72. The third-order valence-electron chi connectivity index (χ3n) is 3.75. The van der Waals surface area contributed by atoms with Crippen LogP contribution in [-0.2, 0) is 0 Å². The van der Waals surface area contributed by atoms with Crippen molar-refractivity contribution in [3.8, 4) is 0 Å². The molecule has 0 aromatic carbocycles. The van der Waals surface area contributed by atoms with Crippen molar-refractivity contribution >= 4 is 17.4 Å². The first-order valence-corrected chi connectivity index (χ1v) is 7.11. The van der Waals surface area contributed by atoms with Crippen LogP contribution in [0, 0.1) is 22.0 Å². The number of hydrogen-bond donors (Lipinski definition) is 1. The number of nitrogens with zero attached hydrogens (tertiary/aromatic N) is 3. The van der Waals surface area contributed by atoms with Gasteiger partial charge in [-0.1, -0.05) is 13.8 Å². The van der Waals surface area contributed by atoms with E-state index in [1.165, 1.54) is 12.3 Å². The molecule has 2 rings (SSSR count). The summed E-state index contributed by atoms with van der Waals surface area (Å²) >= 11 is 0. The van der Waals surface area contributed by atoms with Crippen molar-refractivity contribution in [2.75, 3.05) is 18.4 Å². The van der Waals surface area contributed by atoms with Gasteiger partial charge in [-0.3, -0.25) is 15.1 Å². The van der Waals surface area contributed by atoms with Crippen LogP contribution >= 0.6 is 0 Å². The third-order valence-corrected chi connectivity index (χ3v) is 3.75. The van der Waals surface area contributed by atoms with Crippen molar-refractivity contribution in [1.29, 1.82) is 0 Å². The first kappa shape index (κ1) is 15.2. The summed E-state index contributed by atoms with van der Waals surface area (Å²) in [5.41, 5.74) is -0.00737. The highest BCUT2D eigenvalue weighted by Crippen LogP contribution is 2.24. The summed E-state index contributed by atoms with van der Waals surface area (Å²) in [6.45, 7) is 5.66. The lowest BCUT2D eigenvalue weighted by Gasteiger charge is -2.22. The second kappa shape index (κ2) is 6.51. The smallest absolute Gasteiger partial charge is 0.322 e. The molecule has 0 radical (unpaired) electrons. The molecule has 0 spiro atoms. The Hall–Kier alpha value is -2.18. The fourth-order valence-corrected chi connectivity index (χ4v) is 2.74. The SMILES string of the molecule is C[C@H]1CCN(C(=O)Nc2ccncc2[N+](=O)[O-])C[C@@H](C)C1. The highest BCUT2D eigenvalue weighted by Gasteiger charge is 2.24. The number of carbonyl (C=O) groups excluding carboxylic acids is 1. The lowest BCUT2D eigenvalue weighted by molar-refractivity contribution is -0.384. The Morgan fingerprint density at radius 1 is 1.48 bits per heavy atom. The Balaban J connectivity index is 2.09. The van der Waals surface area contributed by atoms with Crippen LogP contribution in [0.3, 0.4) is 0 Å². The highest BCUT2D eigenvalue weighted by atomic mass is 16.6. The van der Waals surface area contributed by atoms with Crippen molar-refractivity contribution in [3.05, 3.63) is 28.6 Å². The van der Waals surface area contributed by atoms with E-state index in [9.17, 15) is 14.9 Å². The largest absolute Gasteiger partial charge is 0.324 e. The van der Waals surface area contributed by atoms with E-state index in [-0.39, 0.29) is 17.4 Å². The summed E-state index contributed by atoms with van der Waals surface area (Å²) in [5.74, 6) is 1.02. The van der Waals surface area contributed by atoms with Crippen LogP contribution < -0.4 is 5.32 Å². The summed E-state index contributed by atoms with van der Waals surface area (Å²) in [4.78, 5) is 28.2. The van der Waals surface area contributed by atoms with Crippen molar-refractivity contribution in [1.82, 2.24) is 9.88 Å². The molecule has 0 aliphatic carbocycles. The second-order valence-electron chi connectivity index (χ2n) is 5.76. The van der Waals surface area contributed by atoms with Crippen LogP contribution in [0.1, 0.15) is 26.7 Å². The maximum atomic E-state index is 12.3. The number of aromatic nitrogens is 1. The van der Waals surface area contributed by atoms with Crippen molar-refractivity contribution in [2.24, 2.45) is 11.8 Å². The van der Waals surface area contributed by atoms with Crippen LogP contribution in [0.5, 0.6) is 0 Å². The average Bonchev–Trinajstić information content (AvgIpc) is 2.60. The molecule has 2 heterocycles. The molecule has 2 atom stereocenters. The number of nitro groups is 1. The average molecular weight is 292 g/mol. The van der Waals surface area contributed by atoms with E-state index in [0.29, 0.717) is 24.9 Å². The molecule has 2 amide bonds. The normalized spacial score (nSPS) is 22.5. The van der Waals surface area contributed by atoms with Gasteiger partial charge in [-0.15, -0.1) is 0 Å². The lowest BCUT2D eigenvalue weighted by Crippen LogP contribution is -2.37. The van der Waals surface area contributed by atoms with E-state index in [2.05, 4.69) is 24.1 Å². The van der Waals surface area contributed by atoms with Crippen molar-refractivity contribution < 1.29 is 9.72 Å². The maximum Gasteiger partial charge on any atom is 0.322 e. The Bertz CT molecular complexity index is 535. The standard InChI is InChI=1S/C14H20N4O3/c1-10-4-6-17(9-11(2)7-10)14(19)16-12-3-5-15-8-13(12)18(20)21/h3,5,8,10-11H,4,6-7,9H2,1-2H3,(H,15,16,19)/t10-,11-/m0/s1. The second-order valence-corrected chi connectivity index (χ2v) is 5.76. The molecule has 1 N–H and O–H groups in total. The van der Waals surface area contributed by atoms with Gasteiger partial charge < -0.3 is 10.2 Å². The van der Waals surface area contributed by atoms with Crippen LogP contribution in [0.2, 0.25) is 0 Å².